The van der Waals surface area contributed by atoms with E-state index in [0.717, 1.165) is 29.3 Å². The number of pyridine rings is 1. The molecule has 1 atom stereocenters. The molecule has 0 bridgehead atoms. The van der Waals surface area contributed by atoms with Gasteiger partial charge in [0, 0.05) is 35.5 Å². The minimum absolute atomic E-state index is 0.199. The first kappa shape index (κ1) is 21.0. The van der Waals surface area contributed by atoms with Gasteiger partial charge in [-0.15, -0.1) is 0 Å². The molecule has 5 N–H and O–H groups in total. The van der Waals surface area contributed by atoms with Crippen LogP contribution in [0.2, 0.25) is 0 Å². The second-order valence-electron chi connectivity index (χ2n) is 7.70. The summed E-state index contributed by atoms with van der Waals surface area (Å²) in [6.45, 7) is 6.19. The smallest absolute Gasteiger partial charge is 0.337 e. The summed E-state index contributed by atoms with van der Waals surface area (Å²) in [6, 6.07) is 13.4. The van der Waals surface area contributed by atoms with E-state index in [-0.39, 0.29) is 11.6 Å². The molecule has 2 aromatic heterocycles. The van der Waals surface area contributed by atoms with Gasteiger partial charge in [-0.05, 0) is 55.8 Å². The number of hydrogen-bond acceptors (Lipinski definition) is 5. The van der Waals surface area contributed by atoms with E-state index in [0.29, 0.717) is 11.4 Å². The van der Waals surface area contributed by atoms with Crippen LogP contribution in [0, 0.1) is 0 Å². The monoisotopic (exact) mass is 427 g/mol. The summed E-state index contributed by atoms with van der Waals surface area (Å²) in [6.07, 6.45) is 10.4. The molecule has 7 nitrogen and oxygen atoms in total. The van der Waals surface area contributed by atoms with E-state index in [1.165, 1.54) is 11.8 Å². The van der Waals surface area contributed by atoms with E-state index in [1.54, 1.807) is 12.3 Å². The zero-order chi connectivity index (χ0) is 22.5. The highest BCUT2D eigenvalue weighted by molar-refractivity contribution is 5.89. The number of carbonyl (C=O) groups is 1. The average molecular weight is 428 g/mol. The number of nitrogens with one attached hydrogen (secondary N) is 4. The number of nitrogens with zero attached hydrogens (tertiary/aromatic N) is 1. The summed E-state index contributed by atoms with van der Waals surface area (Å²) < 4.78 is 0. The topological polar surface area (TPSA) is 102 Å². The molecule has 32 heavy (non-hydrogen) atoms. The lowest BCUT2D eigenvalue weighted by Crippen LogP contribution is -2.30. The number of aromatic amines is 1. The third-order valence-electron chi connectivity index (χ3n) is 5.06. The molecule has 1 aliphatic rings. The van der Waals surface area contributed by atoms with Gasteiger partial charge in [0.2, 0.25) is 0 Å². The van der Waals surface area contributed by atoms with E-state index in [2.05, 4.69) is 57.6 Å². The number of benzene rings is 1. The zero-order valence-corrected chi connectivity index (χ0v) is 17.7. The number of hydrogen-bond donors (Lipinski definition) is 5. The van der Waals surface area contributed by atoms with Crippen LogP contribution in [-0.4, -0.2) is 27.1 Å². The lowest BCUT2D eigenvalue weighted by atomic mass is 10.0. The van der Waals surface area contributed by atoms with Crippen LogP contribution in [0.5, 0.6) is 0 Å². The SMILES string of the molecule is C=C(Nc1ccc(Nc2ccnc(-c3cc(C(=O)O)c[nH]3)c2)cc1)NC1C=CC=C(C)C1. The minimum atomic E-state index is -0.976. The quantitative estimate of drug-likeness (QED) is 0.336. The highest BCUT2D eigenvalue weighted by Gasteiger charge is 2.10. The van der Waals surface area contributed by atoms with Crippen LogP contribution in [0.25, 0.3) is 11.4 Å². The maximum atomic E-state index is 11.1. The van der Waals surface area contributed by atoms with Gasteiger partial charge in [-0.3, -0.25) is 4.98 Å². The molecule has 162 valence electrons. The lowest BCUT2D eigenvalue weighted by molar-refractivity contribution is 0.0697. The van der Waals surface area contributed by atoms with Crippen LogP contribution in [0.15, 0.2) is 91.1 Å². The molecule has 0 fully saturated rings. The Balaban J connectivity index is 1.36. The van der Waals surface area contributed by atoms with E-state index in [4.69, 9.17) is 5.11 Å². The first-order valence-electron chi connectivity index (χ1n) is 10.3. The van der Waals surface area contributed by atoms with Crippen LogP contribution in [-0.2, 0) is 0 Å². The van der Waals surface area contributed by atoms with Gasteiger partial charge in [0.05, 0.1) is 22.8 Å². The Labute approximate surface area is 186 Å². The van der Waals surface area contributed by atoms with Crippen LogP contribution in [0.3, 0.4) is 0 Å². The number of allylic oxidation sites excluding steroid dienone is 2. The maximum Gasteiger partial charge on any atom is 0.337 e. The van der Waals surface area contributed by atoms with Gasteiger partial charge in [-0.25, -0.2) is 4.79 Å². The Hall–Kier alpha value is -4.26. The molecular formula is C25H25N5O2. The molecule has 1 aromatic carbocycles. The number of anilines is 3. The van der Waals surface area contributed by atoms with Crippen molar-refractivity contribution in [1.29, 1.82) is 0 Å². The third kappa shape index (κ3) is 5.26. The molecule has 0 radical (unpaired) electrons. The predicted octanol–water partition coefficient (Wildman–Crippen LogP) is 5.27. The second-order valence-corrected chi connectivity index (χ2v) is 7.70. The van der Waals surface area contributed by atoms with Gasteiger partial charge < -0.3 is 26.0 Å². The van der Waals surface area contributed by atoms with Gasteiger partial charge in [0.15, 0.2) is 0 Å². The molecule has 0 amide bonds. The van der Waals surface area contributed by atoms with Crippen molar-refractivity contribution in [3.63, 3.8) is 0 Å². The van der Waals surface area contributed by atoms with Crippen molar-refractivity contribution >= 4 is 23.0 Å². The van der Waals surface area contributed by atoms with Crippen LogP contribution >= 0.6 is 0 Å². The van der Waals surface area contributed by atoms with Gasteiger partial charge in [0.25, 0.3) is 0 Å². The van der Waals surface area contributed by atoms with Crippen molar-refractivity contribution in [1.82, 2.24) is 15.3 Å². The summed E-state index contributed by atoms with van der Waals surface area (Å²) in [5.74, 6) is -0.226. The number of carboxylic acid groups (broad SMARTS) is 1. The van der Waals surface area contributed by atoms with Gasteiger partial charge >= 0.3 is 5.97 Å². The standard InChI is InChI=1S/C25H25N5O2/c1-16-4-3-5-21(12-16)29-17(2)28-19-6-8-20(9-7-19)30-22-10-11-26-24(14-22)23-13-18(15-27-23)25(31)32/h3-11,13-15,21,27-29H,2,12H2,1H3,(H,26,30)(H,31,32). The summed E-state index contributed by atoms with van der Waals surface area (Å²) in [5, 5.41) is 19.1. The summed E-state index contributed by atoms with van der Waals surface area (Å²) >= 11 is 0. The molecule has 0 spiro atoms. The highest BCUT2D eigenvalue weighted by atomic mass is 16.4. The van der Waals surface area contributed by atoms with Crippen molar-refractivity contribution in [2.24, 2.45) is 0 Å². The fraction of sp³-hybridized carbons (Fsp3) is 0.120. The van der Waals surface area contributed by atoms with Crippen molar-refractivity contribution in [2.75, 3.05) is 10.6 Å². The van der Waals surface area contributed by atoms with Crippen molar-refractivity contribution in [2.45, 2.75) is 19.4 Å². The molecule has 2 heterocycles. The molecule has 0 saturated heterocycles. The van der Waals surface area contributed by atoms with Crippen molar-refractivity contribution in [3.05, 3.63) is 96.6 Å². The van der Waals surface area contributed by atoms with Crippen molar-refractivity contribution in [3.8, 4) is 11.4 Å². The second kappa shape index (κ2) is 9.26. The Morgan fingerprint density at radius 2 is 1.94 bits per heavy atom. The summed E-state index contributed by atoms with van der Waals surface area (Å²) in [5.41, 5.74) is 5.54. The zero-order valence-electron chi connectivity index (χ0n) is 17.7. The summed E-state index contributed by atoms with van der Waals surface area (Å²) in [7, 11) is 0. The first-order chi connectivity index (χ1) is 15.5. The Kier molecular flexibility index (Phi) is 6.07. The van der Waals surface area contributed by atoms with Gasteiger partial charge in [-0.2, -0.15) is 0 Å². The summed E-state index contributed by atoms with van der Waals surface area (Å²) in [4.78, 5) is 18.4. The number of rotatable bonds is 8. The number of carboxylic acids is 1. The molecule has 7 heteroatoms. The van der Waals surface area contributed by atoms with Crippen LogP contribution in [0.4, 0.5) is 17.1 Å². The van der Waals surface area contributed by atoms with Crippen molar-refractivity contribution < 1.29 is 9.90 Å². The first-order valence-corrected chi connectivity index (χ1v) is 10.3. The van der Waals surface area contributed by atoms with E-state index >= 15 is 0 Å². The molecule has 4 rings (SSSR count). The largest absolute Gasteiger partial charge is 0.478 e. The molecule has 3 aromatic rings. The number of aromatic carboxylic acids is 1. The van der Waals surface area contributed by atoms with E-state index < -0.39 is 5.97 Å². The fourth-order valence-corrected chi connectivity index (χ4v) is 3.50. The Morgan fingerprint density at radius 3 is 2.66 bits per heavy atom. The Bertz CT molecular complexity index is 1190. The van der Waals surface area contributed by atoms with Gasteiger partial charge in [-0.1, -0.05) is 30.4 Å². The molecule has 1 unspecified atom stereocenters. The lowest BCUT2D eigenvalue weighted by Gasteiger charge is -2.21. The Morgan fingerprint density at radius 1 is 1.16 bits per heavy atom. The predicted molar refractivity (Wildman–Crippen MR) is 128 cm³/mol. The highest BCUT2D eigenvalue weighted by Crippen LogP contribution is 2.24. The van der Waals surface area contributed by atoms with E-state index in [1.807, 2.05) is 36.4 Å². The van der Waals surface area contributed by atoms with Crippen LogP contribution < -0.4 is 16.0 Å². The molecular weight excluding hydrogens is 402 g/mol. The van der Waals surface area contributed by atoms with Crippen LogP contribution in [0.1, 0.15) is 23.7 Å². The molecule has 0 aliphatic heterocycles. The number of H-pyrrole nitrogens is 1. The third-order valence-corrected chi connectivity index (χ3v) is 5.06. The fourth-order valence-electron chi connectivity index (χ4n) is 3.50. The minimum Gasteiger partial charge on any atom is -0.478 e. The van der Waals surface area contributed by atoms with E-state index in [9.17, 15) is 4.79 Å². The number of aromatic nitrogens is 2. The maximum absolute atomic E-state index is 11.1. The van der Waals surface area contributed by atoms with Gasteiger partial charge in [0.1, 0.15) is 0 Å². The molecule has 1 aliphatic carbocycles. The molecule has 0 saturated carbocycles. The average Bonchev–Trinajstić information content (AvgIpc) is 3.26. The normalized spacial score (nSPS) is 15.0.